The number of carbonyl (C=O) groups excluding carboxylic acids is 1. The summed E-state index contributed by atoms with van der Waals surface area (Å²) in [7, 11) is 0. The van der Waals surface area contributed by atoms with Gasteiger partial charge in [-0.3, -0.25) is 4.79 Å². The molecule has 0 fully saturated rings. The maximum Gasteiger partial charge on any atom is 0.251 e. The first kappa shape index (κ1) is 20.7. The van der Waals surface area contributed by atoms with E-state index in [1.165, 1.54) is 0 Å². The fourth-order valence-electron chi connectivity index (χ4n) is 2.93. The highest BCUT2D eigenvalue weighted by Gasteiger charge is 2.22. The van der Waals surface area contributed by atoms with E-state index in [4.69, 9.17) is 0 Å². The lowest BCUT2D eigenvalue weighted by molar-refractivity contribution is 0.0869. The van der Waals surface area contributed by atoms with Crippen LogP contribution in [-0.4, -0.2) is 43.4 Å². The van der Waals surface area contributed by atoms with Crippen molar-refractivity contribution in [3.8, 4) is 16.8 Å². The molecule has 3 aromatic rings. The average Bonchev–Trinajstić information content (AvgIpc) is 3.18. The highest BCUT2D eigenvalue weighted by molar-refractivity contribution is 5.96. The van der Waals surface area contributed by atoms with Crippen molar-refractivity contribution in [3.63, 3.8) is 0 Å². The molecule has 2 aromatic carbocycles. The summed E-state index contributed by atoms with van der Waals surface area (Å²) in [5, 5.41) is 24.4. The molecule has 1 heterocycles. The van der Waals surface area contributed by atoms with E-state index < -0.39 is 5.54 Å². The van der Waals surface area contributed by atoms with Crippen LogP contribution in [0.5, 0.6) is 0 Å². The van der Waals surface area contributed by atoms with Crippen molar-refractivity contribution in [2.75, 3.05) is 6.61 Å². The lowest BCUT2D eigenvalue weighted by Gasteiger charge is -2.24. The Hall–Kier alpha value is -3.06. The van der Waals surface area contributed by atoms with Crippen LogP contribution in [0.4, 0.5) is 0 Å². The summed E-state index contributed by atoms with van der Waals surface area (Å²) >= 11 is 0. The number of aliphatic hydroxyl groups excluding tert-OH is 1. The third-order valence-electron chi connectivity index (χ3n) is 4.67. The Balaban J connectivity index is 2.13. The first-order valence-electron chi connectivity index (χ1n) is 9.64. The summed E-state index contributed by atoms with van der Waals surface area (Å²) in [5.41, 5.74) is 3.50. The molecule has 0 radical (unpaired) electrons. The normalized spacial score (nSPS) is 11.7. The number of hydrogen-bond acceptors (Lipinski definition) is 5. The summed E-state index contributed by atoms with van der Waals surface area (Å²) in [6, 6.07) is 13.7. The van der Waals surface area contributed by atoms with E-state index in [1.54, 1.807) is 24.6 Å². The predicted octanol–water partition coefficient (Wildman–Crippen LogP) is 3.26. The van der Waals surface area contributed by atoms with E-state index in [2.05, 4.69) is 20.8 Å². The summed E-state index contributed by atoms with van der Waals surface area (Å²) in [6.45, 7) is 9.45. The Morgan fingerprint density at radius 2 is 1.83 bits per heavy atom. The fourth-order valence-corrected chi connectivity index (χ4v) is 2.93. The van der Waals surface area contributed by atoms with Crippen LogP contribution in [0.1, 0.15) is 55.4 Å². The molecular weight excluding hydrogens is 366 g/mol. The number of aromatic nitrogens is 4. The molecule has 0 bridgehead atoms. The number of amides is 1. The van der Waals surface area contributed by atoms with Crippen molar-refractivity contribution >= 4 is 5.91 Å². The molecule has 0 aliphatic carbocycles. The van der Waals surface area contributed by atoms with E-state index in [0.717, 1.165) is 16.7 Å². The van der Waals surface area contributed by atoms with Crippen molar-refractivity contribution in [1.82, 2.24) is 25.5 Å². The van der Waals surface area contributed by atoms with Crippen molar-refractivity contribution in [2.45, 2.75) is 46.1 Å². The van der Waals surface area contributed by atoms with Crippen LogP contribution in [0, 0.1) is 6.92 Å². The second-order valence-corrected chi connectivity index (χ2v) is 8.23. The van der Waals surface area contributed by atoms with Crippen LogP contribution in [0.2, 0.25) is 0 Å². The molecule has 2 N–H and O–H groups in total. The number of aliphatic hydroxyl groups is 1. The topological polar surface area (TPSA) is 92.9 Å². The summed E-state index contributed by atoms with van der Waals surface area (Å²) in [6.07, 6.45) is 0. The third kappa shape index (κ3) is 4.68. The summed E-state index contributed by atoms with van der Waals surface area (Å²) in [5.74, 6) is 0.574. The first-order valence-corrected chi connectivity index (χ1v) is 9.64. The summed E-state index contributed by atoms with van der Waals surface area (Å²) < 4.78 is 1.66. The SMILES string of the molecule is Cc1ccc(-c2cc(C(=O)NC(C)(C)CO)cc(-n3nnnc3C(C)C)c2)cc1. The molecule has 1 amide bonds. The van der Waals surface area contributed by atoms with Gasteiger partial charge in [0.25, 0.3) is 5.91 Å². The minimum Gasteiger partial charge on any atom is -0.394 e. The van der Waals surface area contributed by atoms with Gasteiger partial charge in [0.05, 0.1) is 17.8 Å². The van der Waals surface area contributed by atoms with Gasteiger partial charge >= 0.3 is 0 Å². The first-order chi connectivity index (χ1) is 13.7. The van der Waals surface area contributed by atoms with Gasteiger partial charge in [-0.1, -0.05) is 43.7 Å². The molecule has 0 saturated carbocycles. The van der Waals surface area contributed by atoms with Crippen LogP contribution in [0.3, 0.4) is 0 Å². The zero-order chi connectivity index (χ0) is 21.2. The Bertz CT molecular complexity index is 1010. The third-order valence-corrected chi connectivity index (χ3v) is 4.67. The number of benzene rings is 2. The van der Waals surface area contributed by atoms with Crippen molar-refractivity contribution in [3.05, 3.63) is 59.4 Å². The molecule has 29 heavy (non-hydrogen) atoms. The average molecular weight is 393 g/mol. The number of tetrazole rings is 1. The molecule has 7 heteroatoms. The number of hydrogen-bond donors (Lipinski definition) is 2. The van der Waals surface area contributed by atoms with E-state index in [1.807, 2.05) is 57.2 Å². The molecule has 0 aliphatic rings. The van der Waals surface area contributed by atoms with E-state index in [0.29, 0.717) is 17.1 Å². The molecule has 152 valence electrons. The Labute approximate surface area is 170 Å². The van der Waals surface area contributed by atoms with Gasteiger partial charge in [0.2, 0.25) is 0 Å². The van der Waals surface area contributed by atoms with E-state index >= 15 is 0 Å². The summed E-state index contributed by atoms with van der Waals surface area (Å²) in [4.78, 5) is 12.9. The van der Waals surface area contributed by atoms with Crippen LogP contribution < -0.4 is 5.32 Å². The quantitative estimate of drug-likeness (QED) is 0.670. The lowest BCUT2D eigenvalue weighted by atomic mass is 9.99. The van der Waals surface area contributed by atoms with E-state index in [-0.39, 0.29) is 18.4 Å². The van der Waals surface area contributed by atoms with Crippen molar-refractivity contribution in [1.29, 1.82) is 0 Å². The van der Waals surface area contributed by atoms with Crippen LogP contribution in [0.25, 0.3) is 16.8 Å². The molecule has 0 aliphatic heterocycles. The van der Waals surface area contributed by atoms with Gasteiger partial charge in [-0.05, 0) is 60.5 Å². The van der Waals surface area contributed by atoms with Gasteiger partial charge in [0, 0.05) is 11.5 Å². The second-order valence-electron chi connectivity index (χ2n) is 8.23. The molecule has 7 nitrogen and oxygen atoms in total. The number of rotatable bonds is 6. The molecule has 0 atom stereocenters. The molecule has 1 aromatic heterocycles. The van der Waals surface area contributed by atoms with Gasteiger partial charge < -0.3 is 10.4 Å². The smallest absolute Gasteiger partial charge is 0.251 e. The Morgan fingerprint density at radius 3 is 2.45 bits per heavy atom. The maximum absolute atomic E-state index is 12.9. The fraction of sp³-hybridized carbons (Fsp3) is 0.364. The predicted molar refractivity (Wildman–Crippen MR) is 112 cm³/mol. The number of aryl methyl sites for hydroxylation is 1. The highest BCUT2D eigenvalue weighted by atomic mass is 16.3. The monoisotopic (exact) mass is 393 g/mol. The molecule has 0 unspecified atom stereocenters. The van der Waals surface area contributed by atoms with Crippen LogP contribution >= 0.6 is 0 Å². The second kappa shape index (κ2) is 8.13. The van der Waals surface area contributed by atoms with Gasteiger partial charge in [0.1, 0.15) is 0 Å². The van der Waals surface area contributed by atoms with Crippen molar-refractivity contribution in [2.24, 2.45) is 0 Å². The Kier molecular flexibility index (Phi) is 5.79. The van der Waals surface area contributed by atoms with Crippen LogP contribution in [-0.2, 0) is 0 Å². The molecular formula is C22H27N5O2. The van der Waals surface area contributed by atoms with Crippen LogP contribution in [0.15, 0.2) is 42.5 Å². The maximum atomic E-state index is 12.9. The lowest BCUT2D eigenvalue weighted by Crippen LogP contribution is -2.46. The molecule has 0 saturated heterocycles. The minimum absolute atomic E-state index is 0.124. The van der Waals surface area contributed by atoms with Gasteiger partial charge in [-0.25, -0.2) is 0 Å². The van der Waals surface area contributed by atoms with Crippen molar-refractivity contribution < 1.29 is 9.90 Å². The van der Waals surface area contributed by atoms with Gasteiger partial charge in [-0.15, -0.1) is 5.10 Å². The zero-order valence-corrected chi connectivity index (χ0v) is 17.5. The minimum atomic E-state index is -0.727. The van der Waals surface area contributed by atoms with Gasteiger partial charge in [-0.2, -0.15) is 4.68 Å². The van der Waals surface area contributed by atoms with Gasteiger partial charge in [0.15, 0.2) is 5.82 Å². The number of carbonyl (C=O) groups is 1. The largest absolute Gasteiger partial charge is 0.394 e. The van der Waals surface area contributed by atoms with E-state index in [9.17, 15) is 9.90 Å². The highest BCUT2D eigenvalue weighted by Crippen LogP contribution is 2.26. The standard InChI is InChI=1S/C22H27N5O2/c1-14(2)20-24-25-26-27(20)19-11-17(16-8-6-15(3)7-9-16)10-18(12-19)21(29)23-22(4,5)13-28/h6-12,14,28H,13H2,1-5H3,(H,23,29). The molecule has 3 rings (SSSR count). The number of nitrogens with zero attached hydrogens (tertiary/aromatic N) is 4. The zero-order valence-electron chi connectivity index (χ0n) is 17.5. The molecule has 0 spiro atoms. The number of nitrogens with one attached hydrogen (secondary N) is 1. The Morgan fingerprint density at radius 1 is 1.14 bits per heavy atom.